The molecule has 0 aliphatic carbocycles. The molecule has 0 amide bonds. The monoisotopic (exact) mass is 269 g/mol. The maximum atomic E-state index is 11.0. The van der Waals surface area contributed by atoms with Gasteiger partial charge in [0.1, 0.15) is 0 Å². The van der Waals surface area contributed by atoms with Gasteiger partial charge in [0.25, 0.3) is 0 Å². The maximum Gasteiger partial charge on any atom is 0.365 e. The van der Waals surface area contributed by atoms with Crippen molar-refractivity contribution < 1.29 is 9.90 Å². The van der Waals surface area contributed by atoms with Crippen LogP contribution in [0.5, 0.6) is 0 Å². The summed E-state index contributed by atoms with van der Waals surface area (Å²) in [6.45, 7) is 1.90. The molecule has 94 valence electrons. The number of aromatic carboxylic acids is 1. The number of nitrogens with zero attached hydrogens (tertiary/aromatic N) is 1. The molecule has 3 rings (SSSR count). The van der Waals surface area contributed by atoms with Gasteiger partial charge in [-0.05, 0) is 23.8 Å². The van der Waals surface area contributed by atoms with Gasteiger partial charge in [-0.2, -0.15) is 0 Å². The number of hydrogen-bond acceptors (Lipinski definition) is 3. The molecule has 4 heteroatoms. The Kier molecular flexibility index (Phi) is 2.80. The van der Waals surface area contributed by atoms with Gasteiger partial charge in [-0.15, -0.1) is 11.3 Å². The van der Waals surface area contributed by atoms with Gasteiger partial charge >= 0.3 is 5.97 Å². The Morgan fingerprint density at radius 1 is 1.16 bits per heavy atom. The lowest BCUT2D eigenvalue weighted by molar-refractivity contribution is 0.0696. The number of carboxylic acid groups (broad SMARTS) is 1. The third-order valence-corrected chi connectivity index (χ3v) is 3.96. The first-order valence-corrected chi connectivity index (χ1v) is 6.67. The van der Waals surface area contributed by atoms with E-state index >= 15 is 0 Å². The highest BCUT2D eigenvalue weighted by Gasteiger charge is 2.14. The summed E-state index contributed by atoms with van der Waals surface area (Å²) in [5, 5.41) is 11.4. The summed E-state index contributed by atoms with van der Waals surface area (Å²) >= 11 is 1.21. The summed E-state index contributed by atoms with van der Waals surface area (Å²) in [4.78, 5) is 16.1. The van der Waals surface area contributed by atoms with E-state index in [0.717, 1.165) is 26.9 Å². The van der Waals surface area contributed by atoms with Crippen molar-refractivity contribution in [1.82, 2.24) is 4.98 Å². The number of aromatic nitrogens is 1. The average molecular weight is 269 g/mol. The minimum absolute atomic E-state index is 0.139. The molecule has 0 spiro atoms. The van der Waals surface area contributed by atoms with Crippen LogP contribution in [0.1, 0.15) is 14.7 Å². The minimum atomic E-state index is -0.972. The van der Waals surface area contributed by atoms with Gasteiger partial charge < -0.3 is 5.11 Å². The van der Waals surface area contributed by atoms with Crippen molar-refractivity contribution in [2.75, 3.05) is 0 Å². The number of aryl methyl sites for hydroxylation is 1. The molecule has 0 unspecified atom stereocenters. The van der Waals surface area contributed by atoms with Crippen LogP contribution in [0.15, 0.2) is 42.5 Å². The van der Waals surface area contributed by atoms with Crippen LogP contribution in [-0.2, 0) is 0 Å². The highest BCUT2D eigenvalue weighted by molar-refractivity contribution is 7.13. The second kappa shape index (κ2) is 4.48. The standard InChI is InChI=1S/C15H11NO2S/c1-9-13(16-14(19-9)15(17)18)12-7-6-10-4-2-3-5-11(10)8-12/h2-8H,1H3,(H,17,18). The predicted molar refractivity (Wildman–Crippen MR) is 76.8 cm³/mol. The van der Waals surface area contributed by atoms with Crippen LogP contribution in [0.2, 0.25) is 0 Å². The number of thiazole rings is 1. The lowest BCUT2D eigenvalue weighted by atomic mass is 10.0. The summed E-state index contributed by atoms with van der Waals surface area (Å²) in [7, 11) is 0. The molecule has 3 aromatic rings. The molecular weight excluding hydrogens is 258 g/mol. The Labute approximate surface area is 114 Å². The lowest BCUT2D eigenvalue weighted by Crippen LogP contribution is -1.94. The third-order valence-electron chi connectivity index (χ3n) is 3.00. The van der Waals surface area contributed by atoms with E-state index < -0.39 is 5.97 Å². The van der Waals surface area contributed by atoms with E-state index in [2.05, 4.69) is 11.1 Å². The highest BCUT2D eigenvalue weighted by atomic mass is 32.1. The molecule has 2 aromatic carbocycles. The topological polar surface area (TPSA) is 50.2 Å². The fraction of sp³-hybridized carbons (Fsp3) is 0.0667. The average Bonchev–Trinajstić information content (AvgIpc) is 2.80. The van der Waals surface area contributed by atoms with Gasteiger partial charge in [0.2, 0.25) is 5.01 Å². The molecule has 19 heavy (non-hydrogen) atoms. The Hall–Kier alpha value is -2.20. The van der Waals surface area contributed by atoms with E-state index in [4.69, 9.17) is 5.11 Å². The molecule has 0 fully saturated rings. The smallest absolute Gasteiger partial charge is 0.365 e. The number of carboxylic acids is 1. The Balaban J connectivity index is 2.16. The summed E-state index contributed by atoms with van der Waals surface area (Å²) in [6, 6.07) is 14.1. The SMILES string of the molecule is Cc1sc(C(=O)O)nc1-c1ccc2ccccc2c1. The number of rotatable bonds is 2. The van der Waals surface area contributed by atoms with Crippen molar-refractivity contribution in [3.05, 3.63) is 52.3 Å². The highest BCUT2D eigenvalue weighted by Crippen LogP contribution is 2.29. The van der Waals surface area contributed by atoms with Crippen molar-refractivity contribution in [2.45, 2.75) is 6.92 Å². The first-order chi connectivity index (χ1) is 9.15. The van der Waals surface area contributed by atoms with Gasteiger partial charge in [0, 0.05) is 10.4 Å². The van der Waals surface area contributed by atoms with Crippen LogP contribution in [0.3, 0.4) is 0 Å². The van der Waals surface area contributed by atoms with Crippen LogP contribution < -0.4 is 0 Å². The zero-order chi connectivity index (χ0) is 13.4. The van der Waals surface area contributed by atoms with Crippen molar-refractivity contribution in [1.29, 1.82) is 0 Å². The van der Waals surface area contributed by atoms with E-state index in [1.807, 2.05) is 43.3 Å². The van der Waals surface area contributed by atoms with Gasteiger partial charge in [-0.1, -0.05) is 36.4 Å². The second-order valence-electron chi connectivity index (χ2n) is 4.29. The fourth-order valence-electron chi connectivity index (χ4n) is 2.09. The largest absolute Gasteiger partial charge is 0.476 e. The van der Waals surface area contributed by atoms with Crippen LogP contribution in [0.4, 0.5) is 0 Å². The number of benzene rings is 2. The summed E-state index contributed by atoms with van der Waals surface area (Å²) < 4.78 is 0. The maximum absolute atomic E-state index is 11.0. The number of fused-ring (bicyclic) bond motifs is 1. The molecule has 0 radical (unpaired) electrons. The van der Waals surface area contributed by atoms with E-state index in [0.29, 0.717) is 0 Å². The first kappa shape index (κ1) is 11.9. The van der Waals surface area contributed by atoms with Gasteiger partial charge in [0.15, 0.2) is 0 Å². The lowest BCUT2D eigenvalue weighted by Gasteiger charge is -2.02. The zero-order valence-electron chi connectivity index (χ0n) is 10.3. The molecule has 0 aliphatic heterocycles. The van der Waals surface area contributed by atoms with Crippen molar-refractivity contribution in [3.63, 3.8) is 0 Å². The summed E-state index contributed by atoms with van der Waals surface area (Å²) in [5.74, 6) is -0.972. The number of hydrogen-bond donors (Lipinski definition) is 1. The third kappa shape index (κ3) is 2.11. The van der Waals surface area contributed by atoms with Crippen molar-refractivity contribution >= 4 is 28.1 Å². The van der Waals surface area contributed by atoms with E-state index in [9.17, 15) is 4.79 Å². The Morgan fingerprint density at radius 3 is 2.58 bits per heavy atom. The van der Waals surface area contributed by atoms with Crippen molar-refractivity contribution in [2.24, 2.45) is 0 Å². The molecule has 1 N–H and O–H groups in total. The zero-order valence-corrected chi connectivity index (χ0v) is 11.1. The van der Waals surface area contributed by atoms with Gasteiger partial charge in [-0.3, -0.25) is 0 Å². The Bertz CT molecular complexity index is 777. The molecule has 0 saturated carbocycles. The minimum Gasteiger partial charge on any atom is -0.476 e. The van der Waals surface area contributed by atoms with Gasteiger partial charge in [-0.25, -0.2) is 9.78 Å². The molecule has 0 atom stereocenters. The van der Waals surface area contributed by atoms with Gasteiger partial charge in [0.05, 0.1) is 5.69 Å². The fourth-order valence-corrected chi connectivity index (χ4v) is 2.87. The predicted octanol–water partition coefficient (Wildman–Crippen LogP) is 3.97. The normalized spacial score (nSPS) is 10.8. The quantitative estimate of drug-likeness (QED) is 0.765. The van der Waals surface area contributed by atoms with E-state index in [1.165, 1.54) is 11.3 Å². The molecule has 0 bridgehead atoms. The first-order valence-electron chi connectivity index (χ1n) is 5.85. The molecule has 0 aliphatic rings. The van der Waals surface area contributed by atoms with Crippen LogP contribution in [0.25, 0.3) is 22.0 Å². The molecule has 0 saturated heterocycles. The number of carbonyl (C=O) groups is 1. The Morgan fingerprint density at radius 2 is 1.89 bits per heavy atom. The van der Waals surface area contributed by atoms with E-state index in [1.54, 1.807) is 0 Å². The summed E-state index contributed by atoms with van der Waals surface area (Å²) in [6.07, 6.45) is 0. The molecule has 1 aromatic heterocycles. The van der Waals surface area contributed by atoms with E-state index in [-0.39, 0.29) is 5.01 Å². The second-order valence-corrected chi connectivity index (χ2v) is 5.49. The van der Waals surface area contributed by atoms with Crippen LogP contribution in [-0.4, -0.2) is 16.1 Å². The molecule has 3 nitrogen and oxygen atoms in total. The van der Waals surface area contributed by atoms with Crippen molar-refractivity contribution in [3.8, 4) is 11.3 Å². The van der Waals surface area contributed by atoms with Crippen LogP contribution >= 0.6 is 11.3 Å². The summed E-state index contributed by atoms with van der Waals surface area (Å²) in [5.41, 5.74) is 1.72. The molecular formula is C15H11NO2S. The molecule has 1 heterocycles. The van der Waals surface area contributed by atoms with Crippen LogP contribution in [0, 0.1) is 6.92 Å².